The minimum Gasteiger partial charge on any atom is -0.311 e. The molecule has 0 heterocycles. The van der Waals surface area contributed by atoms with Crippen LogP contribution in [-0.4, -0.2) is 0 Å². The van der Waals surface area contributed by atoms with Gasteiger partial charge in [0.2, 0.25) is 0 Å². The van der Waals surface area contributed by atoms with E-state index in [1.54, 1.807) is 6.08 Å². The fourth-order valence-electron chi connectivity index (χ4n) is 6.17. The third-order valence-electron chi connectivity index (χ3n) is 8.26. The molecule has 7 rings (SSSR count). The van der Waals surface area contributed by atoms with Crippen LogP contribution in [-0.2, 0) is 0 Å². The summed E-state index contributed by atoms with van der Waals surface area (Å²) in [5.74, 6) is 2.63. The van der Waals surface area contributed by atoms with Crippen molar-refractivity contribution in [2.75, 3.05) is 9.80 Å². The Balaban J connectivity index is 1.40. The Morgan fingerprint density at radius 3 is 1.84 bits per heavy atom. The maximum Gasteiger partial charge on any atom is 0.0540 e. The van der Waals surface area contributed by atoms with Gasteiger partial charge in [-0.3, -0.25) is 0 Å². The molecule has 0 saturated carbocycles. The molecule has 0 N–H and O–H groups in total. The maximum absolute atomic E-state index is 5.58. The van der Waals surface area contributed by atoms with Gasteiger partial charge in [-0.2, -0.15) is 0 Å². The van der Waals surface area contributed by atoms with Crippen LogP contribution in [0.1, 0.15) is 6.92 Å². The van der Waals surface area contributed by atoms with Gasteiger partial charge < -0.3 is 9.80 Å². The van der Waals surface area contributed by atoms with Crippen LogP contribution in [0.15, 0.2) is 176 Å². The minimum absolute atomic E-state index is 1.000. The standard InChI is InChI=1S/C43H32N2/c1-3-5-17-35(4-2)44(36-18-8-6-9-19-36)38-26-28-39(29-27-38)45(37-20-10-7-11-21-37)43-23-14-16-33-30-34-25-24-32-15-12-13-22-40(32)41(34)31-42(33)43/h1,4-31H,2H3/b17-5-,35-4+. The highest BCUT2D eigenvalue weighted by atomic mass is 15.2. The summed E-state index contributed by atoms with van der Waals surface area (Å²) in [7, 11) is 0. The van der Waals surface area contributed by atoms with E-state index in [9.17, 15) is 0 Å². The van der Waals surface area contributed by atoms with Gasteiger partial charge in [-0.15, -0.1) is 6.42 Å². The number of anilines is 5. The molecule has 0 aliphatic carbocycles. The molecular formula is C43H32N2. The van der Waals surface area contributed by atoms with E-state index >= 15 is 0 Å². The molecule has 0 aromatic heterocycles. The van der Waals surface area contributed by atoms with Gasteiger partial charge in [0, 0.05) is 33.8 Å². The molecule has 7 aromatic rings. The van der Waals surface area contributed by atoms with Gasteiger partial charge in [0.05, 0.1) is 5.69 Å². The lowest BCUT2D eigenvalue weighted by atomic mass is 9.97. The molecule has 0 aliphatic heterocycles. The lowest BCUT2D eigenvalue weighted by molar-refractivity contribution is 1.19. The van der Waals surface area contributed by atoms with Gasteiger partial charge in [-0.05, 0) is 113 Å². The van der Waals surface area contributed by atoms with Crippen molar-refractivity contribution in [3.63, 3.8) is 0 Å². The van der Waals surface area contributed by atoms with Crippen LogP contribution < -0.4 is 9.80 Å². The average molecular weight is 577 g/mol. The Morgan fingerprint density at radius 2 is 1.11 bits per heavy atom. The van der Waals surface area contributed by atoms with Crippen molar-refractivity contribution in [1.82, 2.24) is 0 Å². The Morgan fingerprint density at radius 1 is 0.533 bits per heavy atom. The van der Waals surface area contributed by atoms with Crippen LogP contribution in [0, 0.1) is 12.3 Å². The molecule has 0 bridgehead atoms. The predicted octanol–water partition coefficient (Wildman–Crippen LogP) is 11.8. The van der Waals surface area contributed by atoms with Crippen molar-refractivity contribution in [3.8, 4) is 12.3 Å². The Labute approximate surface area is 264 Å². The van der Waals surface area contributed by atoms with Crippen LogP contribution in [0.25, 0.3) is 32.3 Å². The number of para-hydroxylation sites is 2. The van der Waals surface area contributed by atoms with E-state index in [1.807, 2.05) is 19.1 Å². The lowest BCUT2D eigenvalue weighted by Gasteiger charge is -2.29. The predicted molar refractivity (Wildman–Crippen MR) is 194 cm³/mol. The van der Waals surface area contributed by atoms with Gasteiger partial charge in [0.25, 0.3) is 0 Å². The molecule has 0 radical (unpaired) electrons. The summed E-state index contributed by atoms with van der Waals surface area (Å²) in [6, 6.07) is 54.0. The van der Waals surface area contributed by atoms with Gasteiger partial charge in [0.1, 0.15) is 0 Å². The quantitative estimate of drug-likeness (QED) is 0.0806. The van der Waals surface area contributed by atoms with Gasteiger partial charge >= 0.3 is 0 Å². The van der Waals surface area contributed by atoms with Gasteiger partial charge in [-0.25, -0.2) is 0 Å². The van der Waals surface area contributed by atoms with Crippen molar-refractivity contribution in [3.05, 3.63) is 176 Å². The Kier molecular flexibility index (Phi) is 7.58. The van der Waals surface area contributed by atoms with Crippen LogP contribution in [0.3, 0.4) is 0 Å². The summed E-state index contributed by atoms with van der Waals surface area (Å²) in [5, 5.41) is 7.43. The molecular weight excluding hydrogens is 544 g/mol. The molecule has 0 aliphatic rings. The second kappa shape index (κ2) is 12.3. The molecule has 0 fully saturated rings. The summed E-state index contributed by atoms with van der Waals surface area (Å²) in [4.78, 5) is 4.57. The molecule has 45 heavy (non-hydrogen) atoms. The monoisotopic (exact) mass is 576 g/mol. The fourth-order valence-corrected chi connectivity index (χ4v) is 6.17. The molecule has 214 valence electrons. The highest BCUT2D eigenvalue weighted by Gasteiger charge is 2.18. The number of benzene rings is 7. The van der Waals surface area contributed by atoms with Crippen LogP contribution in [0.5, 0.6) is 0 Å². The minimum atomic E-state index is 1.000. The van der Waals surface area contributed by atoms with E-state index in [4.69, 9.17) is 6.42 Å². The second-order valence-corrected chi connectivity index (χ2v) is 10.9. The number of nitrogens with zero attached hydrogens (tertiary/aromatic N) is 2. The zero-order valence-electron chi connectivity index (χ0n) is 25.1. The smallest absolute Gasteiger partial charge is 0.0540 e. The average Bonchev–Trinajstić information content (AvgIpc) is 3.11. The fraction of sp³-hybridized carbons (Fsp3) is 0.0233. The van der Waals surface area contributed by atoms with Crippen LogP contribution in [0.4, 0.5) is 28.4 Å². The third kappa shape index (κ3) is 5.33. The van der Waals surface area contributed by atoms with E-state index in [0.29, 0.717) is 0 Å². The van der Waals surface area contributed by atoms with E-state index in [2.05, 4.69) is 167 Å². The number of hydrogen-bond acceptors (Lipinski definition) is 2. The highest BCUT2D eigenvalue weighted by Crippen LogP contribution is 2.42. The molecule has 2 heteroatoms. The Bertz CT molecular complexity index is 2220. The second-order valence-electron chi connectivity index (χ2n) is 10.9. The number of allylic oxidation sites excluding steroid dienone is 3. The molecule has 0 saturated heterocycles. The third-order valence-corrected chi connectivity index (χ3v) is 8.26. The SMILES string of the molecule is C#C/C=C\C(=C/C)N(c1ccccc1)c1ccc(N(c2ccccc2)c2cccc3cc4ccc5ccccc5c4cc23)cc1. The van der Waals surface area contributed by atoms with Crippen molar-refractivity contribution in [1.29, 1.82) is 0 Å². The first-order valence-electron chi connectivity index (χ1n) is 15.2. The van der Waals surface area contributed by atoms with E-state index in [-0.39, 0.29) is 0 Å². The first-order valence-corrected chi connectivity index (χ1v) is 15.2. The number of fused-ring (bicyclic) bond motifs is 4. The largest absolute Gasteiger partial charge is 0.311 e. The van der Waals surface area contributed by atoms with Crippen molar-refractivity contribution in [2.45, 2.75) is 6.92 Å². The summed E-state index contributed by atoms with van der Waals surface area (Å²) in [6.45, 7) is 2.03. The molecule has 7 aromatic carbocycles. The molecule has 0 unspecified atom stereocenters. The molecule has 0 spiro atoms. The highest BCUT2D eigenvalue weighted by molar-refractivity contribution is 6.14. The summed E-state index contributed by atoms with van der Waals surface area (Å²) < 4.78 is 0. The summed E-state index contributed by atoms with van der Waals surface area (Å²) in [6.07, 6.45) is 11.4. The van der Waals surface area contributed by atoms with E-state index in [1.165, 1.54) is 32.3 Å². The normalized spacial score (nSPS) is 11.7. The van der Waals surface area contributed by atoms with Crippen molar-refractivity contribution < 1.29 is 0 Å². The van der Waals surface area contributed by atoms with E-state index in [0.717, 1.165) is 34.1 Å². The Hall–Kier alpha value is -6.04. The van der Waals surface area contributed by atoms with E-state index < -0.39 is 0 Å². The van der Waals surface area contributed by atoms with Crippen molar-refractivity contribution >= 4 is 60.8 Å². The van der Waals surface area contributed by atoms with Gasteiger partial charge in [0.15, 0.2) is 0 Å². The first kappa shape index (κ1) is 27.8. The lowest BCUT2D eigenvalue weighted by Crippen LogP contribution is -2.15. The van der Waals surface area contributed by atoms with Crippen LogP contribution in [0.2, 0.25) is 0 Å². The first-order chi connectivity index (χ1) is 22.2. The zero-order chi connectivity index (χ0) is 30.6. The van der Waals surface area contributed by atoms with Crippen molar-refractivity contribution in [2.24, 2.45) is 0 Å². The topological polar surface area (TPSA) is 6.48 Å². The van der Waals surface area contributed by atoms with Crippen LogP contribution >= 0.6 is 0 Å². The summed E-state index contributed by atoms with van der Waals surface area (Å²) >= 11 is 0. The number of hydrogen-bond donors (Lipinski definition) is 0. The maximum atomic E-state index is 5.58. The van der Waals surface area contributed by atoms with Gasteiger partial charge in [-0.1, -0.05) is 96.9 Å². The molecule has 2 nitrogen and oxygen atoms in total. The summed E-state index contributed by atoms with van der Waals surface area (Å²) in [5.41, 5.74) is 6.41. The molecule has 0 amide bonds. The zero-order valence-corrected chi connectivity index (χ0v) is 25.1. The number of terminal acetylenes is 1. The molecule has 0 atom stereocenters. The number of rotatable bonds is 7.